The van der Waals surface area contributed by atoms with Crippen molar-refractivity contribution in [2.45, 2.75) is 38.7 Å². The predicted molar refractivity (Wildman–Crippen MR) is 73.3 cm³/mol. The molecule has 2 nitrogen and oxygen atoms in total. The Morgan fingerprint density at radius 3 is 2.89 bits per heavy atom. The Balaban J connectivity index is 1.59. The third-order valence-corrected chi connectivity index (χ3v) is 3.90. The fraction of sp³-hybridized carbons (Fsp3) is 0.438. The van der Waals surface area contributed by atoms with Gasteiger partial charge in [0.1, 0.15) is 6.61 Å². The van der Waals surface area contributed by atoms with Crippen molar-refractivity contribution in [3.8, 4) is 0 Å². The topological polar surface area (TPSA) is 21.6 Å². The lowest BCUT2D eigenvalue weighted by molar-refractivity contribution is 0.130. The summed E-state index contributed by atoms with van der Waals surface area (Å²) in [5, 5.41) is 4.28. The molecule has 0 bridgehead atoms. The molecular formula is C16H19NO. The zero-order valence-electron chi connectivity index (χ0n) is 10.6. The first-order valence-corrected chi connectivity index (χ1v) is 6.85. The molecule has 0 aliphatic heterocycles. The number of allylic oxidation sites excluding steroid dienone is 2. The Kier molecular flexibility index (Phi) is 3.44. The molecule has 0 N–H and O–H groups in total. The van der Waals surface area contributed by atoms with Gasteiger partial charge in [-0.3, -0.25) is 0 Å². The maximum Gasteiger partial charge on any atom is 0.142 e. The van der Waals surface area contributed by atoms with Crippen molar-refractivity contribution < 1.29 is 4.84 Å². The van der Waals surface area contributed by atoms with Gasteiger partial charge < -0.3 is 4.84 Å². The first kappa shape index (κ1) is 11.5. The lowest BCUT2D eigenvalue weighted by Crippen LogP contribution is -2.10. The molecule has 0 heterocycles. The van der Waals surface area contributed by atoms with E-state index in [9.17, 15) is 0 Å². The van der Waals surface area contributed by atoms with Crippen LogP contribution in [-0.2, 0) is 11.4 Å². The first-order chi connectivity index (χ1) is 8.92. The van der Waals surface area contributed by atoms with E-state index >= 15 is 0 Å². The molecule has 1 aromatic rings. The second-order valence-electron chi connectivity index (χ2n) is 5.19. The maximum atomic E-state index is 5.45. The van der Waals surface area contributed by atoms with Crippen LogP contribution in [0.4, 0.5) is 0 Å². The molecule has 2 aliphatic rings. The number of hydrogen-bond donors (Lipinski definition) is 0. The molecule has 0 aromatic heterocycles. The monoisotopic (exact) mass is 241 g/mol. The molecule has 0 saturated heterocycles. The molecule has 94 valence electrons. The molecule has 0 radical (unpaired) electrons. The van der Waals surface area contributed by atoms with Gasteiger partial charge >= 0.3 is 0 Å². The van der Waals surface area contributed by atoms with Gasteiger partial charge in [-0.05, 0) is 49.7 Å². The number of hydrogen-bond acceptors (Lipinski definition) is 2. The summed E-state index contributed by atoms with van der Waals surface area (Å²) in [6.45, 7) is 0.566. The van der Waals surface area contributed by atoms with Gasteiger partial charge in [-0.1, -0.05) is 41.1 Å². The molecule has 1 aromatic carbocycles. The van der Waals surface area contributed by atoms with Crippen LogP contribution in [0.2, 0.25) is 0 Å². The van der Waals surface area contributed by atoms with Crippen molar-refractivity contribution in [1.82, 2.24) is 0 Å². The normalized spacial score (nSPS) is 24.8. The van der Waals surface area contributed by atoms with Crippen molar-refractivity contribution in [1.29, 1.82) is 0 Å². The highest BCUT2D eigenvalue weighted by molar-refractivity contribution is 5.96. The van der Waals surface area contributed by atoms with E-state index in [2.05, 4.69) is 23.4 Å². The standard InChI is InChI=1S/C16H19NO/c1-2-5-13(6-3-1)12-18-17-16-10-9-14-7-4-8-15(14)11-16/h1-3,5-6,11,14H,4,7-10,12H2/b17-16-. The Morgan fingerprint density at radius 1 is 1.11 bits per heavy atom. The maximum absolute atomic E-state index is 5.45. The SMILES string of the molecule is C1=C2CCCC2CC/C1=N/OCc1ccccc1. The van der Waals surface area contributed by atoms with E-state index in [1.54, 1.807) is 5.57 Å². The average molecular weight is 241 g/mol. The molecule has 1 fully saturated rings. The highest BCUT2D eigenvalue weighted by atomic mass is 16.6. The lowest BCUT2D eigenvalue weighted by atomic mass is 9.89. The third kappa shape index (κ3) is 2.63. The smallest absolute Gasteiger partial charge is 0.142 e. The summed E-state index contributed by atoms with van der Waals surface area (Å²) in [7, 11) is 0. The van der Waals surface area contributed by atoms with Gasteiger partial charge in [-0.25, -0.2) is 0 Å². The number of benzene rings is 1. The molecular weight excluding hydrogens is 222 g/mol. The summed E-state index contributed by atoms with van der Waals surface area (Å²) in [6, 6.07) is 10.2. The summed E-state index contributed by atoms with van der Waals surface area (Å²) in [6.07, 6.45) is 8.61. The van der Waals surface area contributed by atoms with Crippen LogP contribution < -0.4 is 0 Å². The first-order valence-electron chi connectivity index (χ1n) is 6.85. The van der Waals surface area contributed by atoms with Gasteiger partial charge in [-0.15, -0.1) is 0 Å². The number of nitrogens with zero attached hydrogens (tertiary/aromatic N) is 1. The van der Waals surface area contributed by atoms with E-state index in [1.807, 2.05) is 18.2 Å². The molecule has 1 unspecified atom stereocenters. The predicted octanol–water partition coefficient (Wildman–Crippen LogP) is 4.08. The largest absolute Gasteiger partial charge is 0.391 e. The average Bonchev–Trinajstić information content (AvgIpc) is 2.87. The van der Waals surface area contributed by atoms with Gasteiger partial charge in [0.25, 0.3) is 0 Å². The van der Waals surface area contributed by atoms with Gasteiger partial charge in [0.05, 0.1) is 5.71 Å². The van der Waals surface area contributed by atoms with Gasteiger partial charge in [0.2, 0.25) is 0 Å². The van der Waals surface area contributed by atoms with E-state index < -0.39 is 0 Å². The van der Waals surface area contributed by atoms with Gasteiger partial charge in [0, 0.05) is 0 Å². The molecule has 18 heavy (non-hydrogen) atoms. The fourth-order valence-electron chi connectivity index (χ4n) is 2.91. The number of rotatable bonds is 3. The van der Waals surface area contributed by atoms with Crippen LogP contribution in [0.15, 0.2) is 47.1 Å². The second kappa shape index (κ2) is 5.38. The Hall–Kier alpha value is -1.57. The van der Waals surface area contributed by atoms with Crippen LogP contribution >= 0.6 is 0 Å². The van der Waals surface area contributed by atoms with Gasteiger partial charge in [0.15, 0.2) is 0 Å². The number of fused-ring (bicyclic) bond motifs is 1. The van der Waals surface area contributed by atoms with E-state index in [4.69, 9.17) is 4.84 Å². The molecule has 3 rings (SSSR count). The van der Waals surface area contributed by atoms with Crippen LogP contribution in [0, 0.1) is 5.92 Å². The van der Waals surface area contributed by atoms with E-state index in [0.717, 1.165) is 18.1 Å². The highest BCUT2D eigenvalue weighted by Crippen LogP contribution is 2.37. The summed E-state index contributed by atoms with van der Waals surface area (Å²) in [5.41, 5.74) is 3.89. The molecule has 2 heteroatoms. The van der Waals surface area contributed by atoms with Crippen LogP contribution in [-0.4, -0.2) is 5.71 Å². The molecule has 1 saturated carbocycles. The summed E-state index contributed by atoms with van der Waals surface area (Å²) in [4.78, 5) is 5.45. The Labute approximate surface area is 108 Å². The zero-order valence-corrected chi connectivity index (χ0v) is 10.6. The van der Waals surface area contributed by atoms with Crippen molar-refractivity contribution in [2.24, 2.45) is 11.1 Å². The molecule has 2 aliphatic carbocycles. The second-order valence-corrected chi connectivity index (χ2v) is 5.19. The minimum absolute atomic E-state index is 0.566. The number of oxime groups is 1. The minimum atomic E-state index is 0.566. The van der Waals surface area contributed by atoms with Crippen molar-refractivity contribution in [3.05, 3.63) is 47.5 Å². The quantitative estimate of drug-likeness (QED) is 0.731. The van der Waals surface area contributed by atoms with Crippen molar-refractivity contribution in [3.63, 3.8) is 0 Å². The summed E-state index contributed by atoms with van der Waals surface area (Å²) < 4.78 is 0. The lowest BCUT2D eigenvalue weighted by Gasteiger charge is -2.17. The van der Waals surface area contributed by atoms with E-state index in [0.29, 0.717) is 6.61 Å². The fourth-order valence-corrected chi connectivity index (χ4v) is 2.91. The zero-order chi connectivity index (χ0) is 12.2. The highest BCUT2D eigenvalue weighted by Gasteiger charge is 2.24. The summed E-state index contributed by atoms with van der Waals surface area (Å²) >= 11 is 0. The Morgan fingerprint density at radius 2 is 2.00 bits per heavy atom. The van der Waals surface area contributed by atoms with Gasteiger partial charge in [-0.2, -0.15) is 0 Å². The molecule has 0 amide bonds. The molecule has 0 spiro atoms. The minimum Gasteiger partial charge on any atom is -0.391 e. The van der Waals surface area contributed by atoms with Crippen molar-refractivity contribution in [2.75, 3.05) is 0 Å². The van der Waals surface area contributed by atoms with Crippen LogP contribution in [0.1, 0.15) is 37.7 Å². The molecule has 1 atom stereocenters. The van der Waals surface area contributed by atoms with E-state index in [-0.39, 0.29) is 0 Å². The van der Waals surface area contributed by atoms with Crippen LogP contribution in [0.5, 0.6) is 0 Å². The third-order valence-electron chi connectivity index (χ3n) is 3.90. The summed E-state index contributed by atoms with van der Waals surface area (Å²) in [5.74, 6) is 0.845. The van der Waals surface area contributed by atoms with Crippen molar-refractivity contribution >= 4 is 5.71 Å². The van der Waals surface area contributed by atoms with E-state index in [1.165, 1.54) is 31.2 Å². The van der Waals surface area contributed by atoms with Crippen LogP contribution in [0.3, 0.4) is 0 Å². The van der Waals surface area contributed by atoms with Crippen LogP contribution in [0.25, 0.3) is 0 Å². The Bertz CT molecular complexity index is 461.